The van der Waals surface area contributed by atoms with Gasteiger partial charge in [-0.2, -0.15) is 4.98 Å². The first kappa shape index (κ1) is 16.4. The molecule has 0 spiro atoms. The highest BCUT2D eigenvalue weighted by atomic mass is 16.5. The average molecular weight is 386 g/mol. The van der Waals surface area contributed by atoms with Crippen LogP contribution in [-0.2, 0) is 6.54 Å². The first-order valence-electron chi connectivity index (χ1n) is 9.69. The highest BCUT2D eigenvalue weighted by Crippen LogP contribution is 2.57. The van der Waals surface area contributed by atoms with Crippen LogP contribution in [0.5, 0.6) is 0 Å². The van der Waals surface area contributed by atoms with Gasteiger partial charge in [0.15, 0.2) is 5.82 Å². The third-order valence-corrected chi connectivity index (χ3v) is 6.03. The molecule has 3 atom stereocenters. The summed E-state index contributed by atoms with van der Waals surface area (Å²) in [5.74, 6) is 2.68. The minimum atomic E-state index is -0.140. The maximum absolute atomic E-state index is 12.6. The van der Waals surface area contributed by atoms with Crippen LogP contribution in [0.15, 0.2) is 64.4 Å². The molecule has 1 saturated carbocycles. The summed E-state index contributed by atoms with van der Waals surface area (Å²) in [4.78, 5) is 27.9. The molecule has 1 aromatic carbocycles. The van der Waals surface area contributed by atoms with Crippen LogP contribution < -0.4 is 10.5 Å². The first-order valence-corrected chi connectivity index (χ1v) is 9.69. The van der Waals surface area contributed by atoms with Crippen LogP contribution in [0.25, 0.3) is 10.9 Å². The number of piperidine rings is 1. The largest absolute Gasteiger partial charge is 0.371 e. The minimum Gasteiger partial charge on any atom is -0.371 e. The number of benzene rings is 1. The standard InChI is InChI=1S/C21H18N6O2/c28-21-14-6-7-22-8-17(14)23-12-27(21)11-18-24-20(25-29-18)19-15-9-26(10-16(15)19)13-4-2-1-3-5-13/h1-8,12,15-16,19H,9-11H2/t15-,16+,19-. The second-order valence-electron chi connectivity index (χ2n) is 7.71. The van der Waals surface area contributed by atoms with Crippen LogP contribution in [0.3, 0.4) is 0 Å². The van der Waals surface area contributed by atoms with Crippen LogP contribution in [0.1, 0.15) is 17.6 Å². The van der Waals surface area contributed by atoms with Gasteiger partial charge in [-0.15, -0.1) is 0 Å². The zero-order chi connectivity index (χ0) is 19.4. The number of para-hydroxylation sites is 1. The van der Waals surface area contributed by atoms with E-state index in [0.717, 1.165) is 18.9 Å². The summed E-state index contributed by atoms with van der Waals surface area (Å²) in [5.41, 5.74) is 1.71. The number of nitrogens with zero attached hydrogens (tertiary/aromatic N) is 6. The molecule has 0 N–H and O–H groups in total. The van der Waals surface area contributed by atoms with Gasteiger partial charge in [0.1, 0.15) is 6.54 Å². The molecule has 0 radical (unpaired) electrons. The van der Waals surface area contributed by atoms with Gasteiger partial charge in [0.05, 0.1) is 23.4 Å². The fourth-order valence-electron chi connectivity index (χ4n) is 4.49. The van der Waals surface area contributed by atoms with E-state index in [-0.39, 0.29) is 12.1 Å². The highest BCUT2D eigenvalue weighted by Gasteiger charge is 2.58. The Morgan fingerprint density at radius 1 is 1.10 bits per heavy atom. The fraction of sp³-hybridized carbons (Fsp3) is 0.286. The van der Waals surface area contributed by atoms with Crippen molar-refractivity contribution in [2.75, 3.05) is 18.0 Å². The van der Waals surface area contributed by atoms with E-state index in [4.69, 9.17) is 4.52 Å². The Morgan fingerprint density at radius 2 is 1.93 bits per heavy atom. The van der Waals surface area contributed by atoms with Crippen molar-refractivity contribution in [3.63, 3.8) is 0 Å². The van der Waals surface area contributed by atoms with Gasteiger partial charge in [-0.1, -0.05) is 23.4 Å². The molecule has 144 valence electrons. The van der Waals surface area contributed by atoms with E-state index in [1.54, 1.807) is 18.5 Å². The van der Waals surface area contributed by atoms with Crippen molar-refractivity contribution < 1.29 is 4.52 Å². The Balaban J connectivity index is 1.17. The molecule has 1 saturated heterocycles. The Kier molecular flexibility index (Phi) is 3.53. The lowest BCUT2D eigenvalue weighted by Crippen LogP contribution is -2.23. The molecule has 4 heterocycles. The van der Waals surface area contributed by atoms with Crippen molar-refractivity contribution >= 4 is 16.6 Å². The van der Waals surface area contributed by atoms with Crippen molar-refractivity contribution in [2.45, 2.75) is 12.5 Å². The molecule has 1 aliphatic heterocycles. The van der Waals surface area contributed by atoms with Crippen molar-refractivity contribution in [1.82, 2.24) is 24.7 Å². The molecule has 4 aromatic rings. The molecule has 3 aromatic heterocycles. The van der Waals surface area contributed by atoms with Gasteiger partial charge < -0.3 is 9.42 Å². The van der Waals surface area contributed by atoms with Crippen LogP contribution >= 0.6 is 0 Å². The summed E-state index contributed by atoms with van der Waals surface area (Å²) < 4.78 is 6.93. The van der Waals surface area contributed by atoms with Gasteiger partial charge >= 0.3 is 0 Å². The maximum atomic E-state index is 12.6. The van der Waals surface area contributed by atoms with Gasteiger partial charge in [-0.25, -0.2) is 4.98 Å². The van der Waals surface area contributed by atoms with Crippen LogP contribution in [0.4, 0.5) is 5.69 Å². The zero-order valence-corrected chi connectivity index (χ0v) is 15.5. The predicted octanol–water partition coefficient (Wildman–Crippen LogP) is 2.07. The van der Waals surface area contributed by atoms with E-state index < -0.39 is 0 Å². The summed E-state index contributed by atoms with van der Waals surface area (Å²) in [6.07, 6.45) is 4.67. The Bertz CT molecular complexity index is 1240. The van der Waals surface area contributed by atoms with E-state index in [1.807, 2.05) is 6.07 Å². The van der Waals surface area contributed by atoms with Gasteiger partial charge in [0, 0.05) is 30.9 Å². The summed E-state index contributed by atoms with van der Waals surface area (Å²) >= 11 is 0. The molecule has 6 rings (SSSR count). The van der Waals surface area contributed by atoms with Gasteiger partial charge in [-0.3, -0.25) is 14.3 Å². The molecule has 29 heavy (non-hydrogen) atoms. The Labute approximate surface area is 165 Å². The van der Waals surface area contributed by atoms with Gasteiger partial charge in [0.2, 0.25) is 5.89 Å². The number of rotatable bonds is 4. The van der Waals surface area contributed by atoms with E-state index in [1.165, 1.54) is 16.6 Å². The van der Waals surface area contributed by atoms with Gasteiger partial charge in [-0.05, 0) is 30.0 Å². The monoisotopic (exact) mass is 386 g/mol. The lowest BCUT2D eigenvalue weighted by molar-refractivity contribution is 0.363. The second-order valence-corrected chi connectivity index (χ2v) is 7.71. The number of fused-ring (bicyclic) bond motifs is 2. The molecular weight excluding hydrogens is 368 g/mol. The van der Waals surface area contributed by atoms with Crippen molar-refractivity contribution in [3.05, 3.63) is 77.2 Å². The first-order chi connectivity index (χ1) is 14.3. The third-order valence-electron chi connectivity index (χ3n) is 6.03. The molecule has 0 unspecified atom stereocenters. The summed E-state index contributed by atoms with van der Waals surface area (Å²) in [7, 11) is 0. The third kappa shape index (κ3) is 2.71. The van der Waals surface area contributed by atoms with E-state index in [9.17, 15) is 4.79 Å². The summed E-state index contributed by atoms with van der Waals surface area (Å²) in [6, 6.07) is 12.2. The molecule has 0 amide bonds. The molecule has 2 aliphatic rings. The summed E-state index contributed by atoms with van der Waals surface area (Å²) in [5, 5.41) is 4.72. The number of anilines is 1. The number of hydrogen-bond acceptors (Lipinski definition) is 7. The smallest absolute Gasteiger partial charge is 0.261 e. The Morgan fingerprint density at radius 3 is 2.76 bits per heavy atom. The van der Waals surface area contributed by atoms with Crippen LogP contribution in [0, 0.1) is 11.8 Å². The molecule has 1 aliphatic carbocycles. The van der Waals surface area contributed by atoms with Crippen LogP contribution in [0.2, 0.25) is 0 Å². The minimum absolute atomic E-state index is 0.140. The highest BCUT2D eigenvalue weighted by molar-refractivity contribution is 5.75. The fourth-order valence-corrected chi connectivity index (χ4v) is 4.49. The topological polar surface area (TPSA) is 89.9 Å². The van der Waals surface area contributed by atoms with Crippen molar-refractivity contribution in [2.24, 2.45) is 11.8 Å². The van der Waals surface area contributed by atoms with Crippen molar-refractivity contribution in [3.8, 4) is 0 Å². The van der Waals surface area contributed by atoms with E-state index in [0.29, 0.717) is 34.5 Å². The normalized spacial score (nSPS) is 22.8. The number of hydrogen-bond donors (Lipinski definition) is 0. The number of pyridine rings is 1. The quantitative estimate of drug-likeness (QED) is 0.530. The predicted molar refractivity (Wildman–Crippen MR) is 106 cm³/mol. The molecule has 8 nitrogen and oxygen atoms in total. The van der Waals surface area contributed by atoms with Crippen LogP contribution in [-0.4, -0.2) is 37.8 Å². The number of aromatic nitrogens is 5. The SMILES string of the molecule is O=c1c2ccncc2ncn1Cc1nc([C@@H]2[C@@H]3CN(c4ccccc4)C[C@@H]32)no1. The lowest BCUT2D eigenvalue weighted by atomic mass is 10.2. The van der Waals surface area contributed by atoms with Crippen molar-refractivity contribution in [1.29, 1.82) is 0 Å². The molecular formula is C21H18N6O2. The molecule has 0 bridgehead atoms. The Hall–Kier alpha value is -3.55. The zero-order valence-electron chi connectivity index (χ0n) is 15.5. The van der Waals surface area contributed by atoms with Gasteiger partial charge in [0.25, 0.3) is 5.56 Å². The van der Waals surface area contributed by atoms with E-state index >= 15 is 0 Å². The van der Waals surface area contributed by atoms with E-state index in [2.05, 4.69) is 49.3 Å². The lowest BCUT2D eigenvalue weighted by Gasteiger charge is -2.21. The molecule has 2 fully saturated rings. The molecule has 8 heteroatoms. The summed E-state index contributed by atoms with van der Waals surface area (Å²) in [6.45, 7) is 2.26. The second kappa shape index (κ2) is 6.23. The average Bonchev–Trinajstić information content (AvgIpc) is 3.11. The maximum Gasteiger partial charge on any atom is 0.261 e.